The molecule has 1 fully saturated rings. The first kappa shape index (κ1) is 12.3. The predicted molar refractivity (Wildman–Crippen MR) is 51.8 cm³/mol. The first-order chi connectivity index (χ1) is 7.82. The van der Waals surface area contributed by atoms with Crippen molar-refractivity contribution in [3.05, 3.63) is 35.4 Å². The first-order valence-corrected chi connectivity index (χ1v) is 5.11. The predicted octanol–water partition coefficient (Wildman–Crippen LogP) is 3.38. The molecule has 1 atom stereocenters. The Hall–Kier alpha value is -1.17. The van der Waals surface area contributed by atoms with Crippen LogP contribution in [-0.2, 0) is 5.92 Å². The van der Waals surface area contributed by atoms with Crippen LogP contribution >= 0.6 is 0 Å². The highest BCUT2D eigenvalue weighted by Crippen LogP contribution is 2.44. The van der Waals surface area contributed by atoms with Gasteiger partial charge in [-0.25, -0.2) is 0 Å². The fourth-order valence-electron chi connectivity index (χ4n) is 1.69. The van der Waals surface area contributed by atoms with Crippen molar-refractivity contribution in [1.82, 2.24) is 5.32 Å². The molecule has 1 unspecified atom stereocenters. The first-order valence-electron chi connectivity index (χ1n) is 5.11. The van der Waals surface area contributed by atoms with E-state index < -0.39 is 17.7 Å². The van der Waals surface area contributed by atoms with Gasteiger partial charge in [0.15, 0.2) is 0 Å². The van der Waals surface area contributed by atoms with E-state index in [1.165, 1.54) is 6.07 Å². The van der Waals surface area contributed by atoms with E-state index in [-0.39, 0.29) is 6.04 Å². The lowest BCUT2D eigenvalue weighted by Gasteiger charge is -2.29. The van der Waals surface area contributed by atoms with Crippen molar-refractivity contribution < 1.29 is 22.0 Å². The Morgan fingerprint density at radius 2 is 1.76 bits per heavy atom. The molecule has 1 heterocycles. The summed E-state index contributed by atoms with van der Waals surface area (Å²) in [5, 5.41) is 2.95. The second-order valence-corrected chi connectivity index (χ2v) is 3.99. The van der Waals surface area contributed by atoms with Crippen molar-refractivity contribution in [3.63, 3.8) is 0 Å². The maximum atomic E-state index is 13.1. The molecule has 17 heavy (non-hydrogen) atoms. The van der Waals surface area contributed by atoms with Crippen LogP contribution in [0.2, 0.25) is 0 Å². The number of benzene rings is 1. The molecule has 0 aliphatic carbocycles. The SMILES string of the molecule is FC(F)(F)C(F)(F)c1cccc(C2CCN2)c1. The van der Waals surface area contributed by atoms with E-state index in [0.29, 0.717) is 5.56 Å². The molecule has 0 radical (unpaired) electrons. The van der Waals surface area contributed by atoms with Gasteiger partial charge in [0.2, 0.25) is 0 Å². The van der Waals surface area contributed by atoms with Gasteiger partial charge >= 0.3 is 12.1 Å². The normalized spacial score (nSPS) is 21.1. The standard InChI is InChI=1S/C11H10F5N/c12-10(13,11(14,15)16)8-3-1-2-7(6-8)9-4-5-17-9/h1-3,6,9,17H,4-5H2. The van der Waals surface area contributed by atoms with E-state index in [4.69, 9.17) is 0 Å². The highest BCUT2D eigenvalue weighted by atomic mass is 19.4. The van der Waals surface area contributed by atoms with Crippen LogP contribution in [-0.4, -0.2) is 12.7 Å². The Kier molecular flexibility index (Phi) is 2.85. The van der Waals surface area contributed by atoms with E-state index in [2.05, 4.69) is 5.32 Å². The summed E-state index contributed by atoms with van der Waals surface area (Å²) >= 11 is 0. The zero-order valence-electron chi connectivity index (χ0n) is 8.69. The number of hydrogen-bond donors (Lipinski definition) is 1. The molecule has 1 aliphatic heterocycles. The molecule has 1 aromatic rings. The molecule has 1 saturated heterocycles. The van der Waals surface area contributed by atoms with Gasteiger partial charge < -0.3 is 5.32 Å². The van der Waals surface area contributed by atoms with Gasteiger partial charge in [-0.2, -0.15) is 22.0 Å². The lowest BCUT2D eigenvalue weighted by molar-refractivity contribution is -0.289. The van der Waals surface area contributed by atoms with Crippen LogP contribution in [0.15, 0.2) is 24.3 Å². The maximum absolute atomic E-state index is 13.1. The van der Waals surface area contributed by atoms with Gasteiger partial charge in [0.1, 0.15) is 0 Å². The molecule has 1 nitrogen and oxygen atoms in total. The van der Waals surface area contributed by atoms with Crippen molar-refractivity contribution in [2.24, 2.45) is 0 Å². The summed E-state index contributed by atoms with van der Waals surface area (Å²) in [6.07, 6.45) is -4.81. The lowest BCUT2D eigenvalue weighted by Crippen LogP contribution is -2.36. The second-order valence-electron chi connectivity index (χ2n) is 3.99. The van der Waals surface area contributed by atoms with Crippen LogP contribution in [0.4, 0.5) is 22.0 Å². The minimum absolute atomic E-state index is 0.112. The van der Waals surface area contributed by atoms with Crippen LogP contribution in [0.3, 0.4) is 0 Å². The van der Waals surface area contributed by atoms with E-state index in [1.807, 2.05) is 0 Å². The van der Waals surface area contributed by atoms with Crippen LogP contribution in [0.5, 0.6) is 0 Å². The van der Waals surface area contributed by atoms with Gasteiger partial charge in [-0.1, -0.05) is 18.2 Å². The Morgan fingerprint density at radius 1 is 1.12 bits per heavy atom. The van der Waals surface area contributed by atoms with Gasteiger partial charge in [-0.15, -0.1) is 0 Å². The largest absolute Gasteiger partial charge is 0.458 e. The summed E-state index contributed by atoms with van der Waals surface area (Å²) in [7, 11) is 0. The van der Waals surface area contributed by atoms with Gasteiger partial charge in [0, 0.05) is 11.6 Å². The Morgan fingerprint density at radius 3 is 2.24 bits per heavy atom. The highest BCUT2D eigenvalue weighted by molar-refractivity contribution is 5.30. The zero-order chi connectivity index (χ0) is 12.7. The Labute approximate surface area is 94.6 Å². The molecule has 0 spiro atoms. The maximum Gasteiger partial charge on any atom is 0.458 e. The summed E-state index contributed by atoms with van der Waals surface area (Å²) in [6, 6.07) is 4.39. The van der Waals surface area contributed by atoms with Crippen LogP contribution in [0, 0.1) is 0 Å². The molecule has 0 saturated carbocycles. The average molecular weight is 251 g/mol. The molecular weight excluding hydrogens is 241 g/mol. The second kappa shape index (κ2) is 3.94. The van der Waals surface area contributed by atoms with Crippen molar-refractivity contribution >= 4 is 0 Å². The summed E-state index contributed by atoms with van der Waals surface area (Å²) in [5.74, 6) is -4.80. The third kappa shape index (κ3) is 2.13. The van der Waals surface area contributed by atoms with Crippen molar-refractivity contribution in [1.29, 1.82) is 0 Å². The fraction of sp³-hybridized carbons (Fsp3) is 0.455. The third-order valence-corrected chi connectivity index (χ3v) is 2.83. The smallest absolute Gasteiger partial charge is 0.310 e. The summed E-state index contributed by atoms with van der Waals surface area (Å²) in [4.78, 5) is 0. The Balaban J connectivity index is 2.32. The molecule has 6 heteroatoms. The topological polar surface area (TPSA) is 12.0 Å². The summed E-state index contributed by atoms with van der Waals surface area (Å²) < 4.78 is 62.7. The summed E-state index contributed by atoms with van der Waals surface area (Å²) in [5.41, 5.74) is -0.533. The average Bonchev–Trinajstić information content (AvgIpc) is 2.13. The van der Waals surface area contributed by atoms with Crippen LogP contribution in [0.1, 0.15) is 23.6 Å². The minimum Gasteiger partial charge on any atom is -0.310 e. The molecule has 1 aliphatic rings. The van der Waals surface area contributed by atoms with Gasteiger partial charge in [0.05, 0.1) is 0 Å². The van der Waals surface area contributed by atoms with E-state index >= 15 is 0 Å². The van der Waals surface area contributed by atoms with Crippen molar-refractivity contribution in [2.75, 3.05) is 6.54 Å². The minimum atomic E-state index is -5.56. The number of alkyl halides is 5. The van der Waals surface area contributed by atoms with E-state index in [1.54, 1.807) is 6.07 Å². The number of hydrogen-bond acceptors (Lipinski definition) is 1. The number of halogens is 5. The lowest BCUT2D eigenvalue weighted by atomic mass is 9.95. The monoisotopic (exact) mass is 251 g/mol. The van der Waals surface area contributed by atoms with Gasteiger partial charge in [-0.05, 0) is 24.6 Å². The fourth-order valence-corrected chi connectivity index (χ4v) is 1.69. The molecule has 1 aromatic carbocycles. The molecular formula is C11H10F5N. The molecule has 94 valence electrons. The van der Waals surface area contributed by atoms with Crippen molar-refractivity contribution in [2.45, 2.75) is 24.6 Å². The molecule has 0 aromatic heterocycles. The van der Waals surface area contributed by atoms with Crippen LogP contribution in [0.25, 0.3) is 0 Å². The quantitative estimate of drug-likeness (QED) is 0.794. The zero-order valence-corrected chi connectivity index (χ0v) is 8.69. The van der Waals surface area contributed by atoms with Gasteiger partial charge in [0.25, 0.3) is 0 Å². The van der Waals surface area contributed by atoms with E-state index in [9.17, 15) is 22.0 Å². The third-order valence-electron chi connectivity index (χ3n) is 2.83. The number of nitrogens with one attached hydrogen (secondary N) is 1. The van der Waals surface area contributed by atoms with Gasteiger partial charge in [-0.3, -0.25) is 0 Å². The molecule has 1 N–H and O–H groups in total. The summed E-state index contributed by atoms with van der Waals surface area (Å²) in [6.45, 7) is 0.755. The molecule has 0 amide bonds. The van der Waals surface area contributed by atoms with Crippen LogP contribution < -0.4 is 5.32 Å². The van der Waals surface area contributed by atoms with E-state index in [0.717, 1.165) is 25.1 Å². The van der Waals surface area contributed by atoms with Crippen molar-refractivity contribution in [3.8, 4) is 0 Å². The molecule has 2 rings (SSSR count). The molecule has 0 bridgehead atoms. The Bertz CT molecular complexity index is 409. The number of rotatable bonds is 2. The highest BCUT2D eigenvalue weighted by Gasteiger charge is 2.58.